The second-order valence-corrected chi connectivity index (χ2v) is 4.95. The summed E-state index contributed by atoms with van der Waals surface area (Å²) in [5, 5.41) is 7.29. The number of guanidine groups is 1. The molecule has 2 aromatic rings. The van der Waals surface area contributed by atoms with Crippen molar-refractivity contribution >= 4 is 18.1 Å². The molecule has 26 heavy (non-hydrogen) atoms. The van der Waals surface area contributed by atoms with Crippen molar-refractivity contribution in [2.75, 3.05) is 13.7 Å². The number of carbonyl (C=O) groups excluding carboxylic acids is 1. The van der Waals surface area contributed by atoms with Crippen LogP contribution in [0.4, 0.5) is 0 Å². The average molecular weight is 360 g/mol. The molecule has 0 fully saturated rings. The van der Waals surface area contributed by atoms with E-state index in [2.05, 4.69) is 14.9 Å². The standard InChI is InChI=1S/C17H20N4O5/c1-3-24-15-8-11(9-20-21-17(18)19)4-6-13(15)25-10-12-5-7-14(26-12)16(22)23-2/h4-9H,3,10H2,1-2H3,(H4,18,19,21). The van der Waals surface area contributed by atoms with E-state index in [1.165, 1.54) is 19.4 Å². The molecule has 1 aromatic heterocycles. The highest BCUT2D eigenvalue weighted by Crippen LogP contribution is 2.29. The summed E-state index contributed by atoms with van der Waals surface area (Å²) in [6, 6.07) is 8.41. The van der Waals surface area contributed by atoms with Gasteiger partial charge in [0.1, 0.15) is 12.4 Å². The van der Waals surface area contributed by atoms with Gasteiger partial charge in [-0.15, -0.1) is 5.10 Å². The smallest absolute Gasteiger partial charge is 0.373 e. The number of hydrogen-bond acceptors (Lipinski definition) is 7. The highest BCUT2D eigenvalue weighted by Gasteiger charge is 2.12. The zero-order valence-corrected chi connectivity index (χ0v) is 14.5. The summed E-state index contributed by atoms with van der Waals surface area (Å²) in [5.41, 5.74) is 11.2. The summed E-state index contributed by atoms with van der Waals surface area (Å²) in [6.07, 6.45) is 1.49. The van der Waals surface area contributed by atoms with E-state index in [0.717, 1.165) is 5.56 Å². The van der Waals surface area contributed by atoms with Crippen LogP contribution in [0.15, 0.2) is 45.0 Å². The summed E-state index contributed by atoms with van der Waals surface area (Å²) in [5.74, 6) is 0.961. The van der Waals surface area contributed by atoms with Crippen LogP contribution < -0.4 is 20.9 Å². The van der Waals surface area contributed by atoms with Gasteiger partial charge < -0.3 is 30.1 Å². The van der Waals surface area contributed by atoms with Gasteiger partial charge in [0.2, 0.25) is 11.7 Å². The van der Waals surface area contributed by atoms with Gasteiger partial charge in [0, 0.05) is 0 Å². The van der Waals surface area contributed by atoms with Gasteiger partial charge in [-0.05, 0) is 42.8 Å². The Labute approximate surface area is 150 Å². The molecule has 9 heteroatoms. The van der Waals surface area contributed by atoms with Crippen LogP contribution in [0, 0.1) is 0 Å². The number of nitrogens with two attached hydrogens (primary N) is 2. The summed E-state index contributed by atoms with van der Waals surface area (Å²) in [6.45, 7) is 2.44. The molecule has 0 saturated heterocycles. The molecule has 0 atom stereocenters. The molecule has 0 saturated carbocycles. The molecule has 1 aromatic carbocycles. The van der Waals surface area contributed by atoms with Crippen LogP contribution in [0.25, 0.3) is 0 Å². The minimum atomic E-state index is -0.546. The van der Waals surface area contributed by atoms with Crippen molar-refractivity contribution in [3.05, 3.63) is 47.4 Å². The Balaban J connectivity index is 2.10. The maximum atomic E-state index is 11.4. The fourth-order valence-electron chi connectivity index (χ4n) is 1.97. The molecule has 0 unspecified atom stereocenters. The zero-order valence-electron chi connectivity index (χ0n) is 14.5. The average Bonchev–Trinajstić information content (AvgIpc) is 3.09. The fraction of sp³-hybridized carbons (Fsp3) is 0.235. The van der Waals surface area contributed by atoms with E-state index < -0.39 is 5.97 Å². The molecule has 0 radical (unpaired) electrons. The minimum absolute atomic E-state index is 0.113. The first-order valence-corrected chi connectivity index (χ1v) is 7.72. The summed E-state index contributed by atoms with van der Waals surface area (Å²) < 4.78 is 21.2. The van der Waals surface area contributed by atoms with Gasteiger partial charge in [0.05, 0.1) is 19.9 Å². The molecule has 0 aliphatic heterocycles. The zero-order chi connectivity index (χ0) is 18.9. The van der Waals surface area contributed by atoms with Gasteiger partial charge in [0.25, 0.3) is 0 Å². The number of hydrogen-bond donors (Lipinski definition) is 2. The third-order valence-electron chi connectivity index (χ3n) is 3.07. The molecule has 2 rings (SSSR count). The van der Waals surface area contributed by atoms with Crippen molar-refractivity contribution in [3.8, 4) is 11.5 Å². The molecular formula is C17H20N4O5. The van der Waals surface area contributed by atoms with Crippen molar-refractivity contribution in [3.63, 3.8) is 0 Å². The first-order valence-electron chi connectivity index (χ1n) is 7.72. The van der Waals surface area contributed by atoms with E-state index in [1.54, 1.807) is 24.3 Å². The van der Waals surface area contributed by atoms with Crippen LogP contribution in [-0.2, 0) is 11.3 Å². The SMILES string of the molecule is CCOc1cc(C=NN=C(N)N)ccc1OCc1ccc(C(=O)OC)o1. The van der Waals surface area contributed by atoms with Crippen LogP contribution in [-0.4, -0.2) is 31.9 Å². The van der Waals surface area contributed by atoms with Crippen LogP contribution in [0.3, 0.4) is 0 Å². The monoisotopic (exact) mass is 360 g/mol. The van der Waals surface area contributed by atoms with E-state index in [4.69, 9.17) is 25.4 Å². The lowest BCUT2D eigenvalue weighted by atomic mass is 10.2. The van der Waals surface area contributed by atoms with Crippen molar-refractivity contribution in [2.45, 2.75) is 13.5 Å². The van der Waals surface area contributed by atoms with Crippen LogP contribution in [0.2, 0.25) is 0 Å². The maximum Gasteiger partial charge on any atom is 0.373 e. The number of benzene rings is 1. The number of esters is 1. The van der Waals surface area contributed by atoms with Crippen molar-refractivity contribution in [1.82, 2.24) is 0 Å². The number of carbonyl (C=O) groups is 1. The van der Waals surface area contributed by atoms with Gasteiger partial charge in [0.15, 0.2) is 11.5 Å². The Hall–Kier alpha value is -3.49. The highest BCUT2D eigenvalue weighted by atomic mass is 16.5. The van der Waals surface area contributed by atoms with Gasteiger partial charge in [-0.1, -0.05) is 0 Å². The topological polar surface area (TPSA) is 135 Å². The molecule has 1 heterocycles. The molecule has 0 aliphatic carbocycles. The van der Waals surface area contributed by atoms with Crippen molar-refractivity contribution in [1.29, 1.82) is 0 Å². The lowest BCUT2D eigenvalue weighted by Crippen LogP contribution is -2.21. The van der Waals surface area contributed by atoms with E-state index in [-0.39, 0.29) is 18.3 Å². The molecule has 0 aliphatic rings. The molecular weight excluding hydrogens is 340 g/mol. The Morgan fingerprint density at radius 1 is 1.19 bits per heavy atom. The summed E-state index contributed by atoms with van der Waals surface area (Å²) in [4.78, 5) is 11.4. The number of nitrogens with zero attached hydrogens (tertiary/aromatic N) is 2. The molecule has 0 amide bonds. The van der Waals surface area contributed by atoms with Crippen molar-refractivity contribution in [2.24, 2.45) is 21.7 Å². The van der Waals surface area contributed by atoms with Gasteiger partial charge in [-0.3, -0.25) is 0 Å². The predicted octanol–water partition coefficient (Wildman–Crippen LogP) is 1.65. The third kappa shape index (κ3) is 5.26. The Kier molecular flexibility index (Phi) is 6.60. The van der Waals surface area contributed by atoms with E-state index >= 15 is 0 Å². The van der Waals surface area contributed by atoms with E-state index in [1.807, 2.05) is 6.92 Å². The Morgan fingerprint density at radius 2 is 2.00 bits per heavy atom. The summed E-state index contributed by atoms with van der Waals surface area (Å²) in [7, 11) is 1.29. The van der Waals surface area contributed by atoms with Crippen LogP contribution >= 0.6 is 0 Å². The molecule has 0 bridgehead atoms. The largest absolute Gasteiger partial charge is 0.490 e. The van der Waals surface area contributed by atoms with Crippen LogP contribution in [0.5, 0.6) is 11.5 Å². The second-order valence-electron chi connectivity index (χ2n) is 4.95. The number of rotatable bonds is 8. The first kappa shape index (κ1) is 18.8. The van der Waals surface area contributed by atoms with Gasteiger partial charge in [-0.25, -0.2) is 4.79 Å². The molecule has 138 valence electrons. The summed E-state index contributed by atoms with van der Waals surface area (Å²) >= 11 is 0. The predicted molar refractivity (Wildman–Crippen MR) is 95.4 cm³/mol. The Morgan fingerprint density at radius 3 is 2.69 bits per heavy atom. The molecule has 4 N–H and O–H groups in total. The third-order valence-corrected chi connectivity index (χ3v) is 3.07. The lowest BCUT2D eigenvalue weighted by Gasteiger charge is -2.11. The quantitative estimate of drug-likeness (QED) is 0.316. The van der Waals surface area contributed by atoms with E-state index in [0.29, 0.717) is 23.9 Å². The van der Waals surface area contributed by atoms with E-state index in [9.17, 15) is 4.79 Å². The first-order chi connectivity index (χ1) is 12.5. The lowest BCUT2D eigenvalue weighted by molar-refractivity contribution is 0.0561. The number of furan rings is 1. The highest BCUT2D eigenvalue weighted by molar-refractivity contribution is 5.86. The van der Waals surface area contributed by atoms with Crippen molar-refractivity contribution < 1.29 is 23.4 Å². The Bertz CT molecular complexity index is 809. The van der Waals surface area contributed by atoms with Gasteiger partial charge >= 0.3 is 5.97 Å². The minimum Gasteiger partial charge on any atom is -0.490 e. The second kappa shape index (κ2) is 9.11. The normalized spacial score (nSPS) is 10.5. The fourth-order valence-corrected chi connectivity index (χ4v) is 1.97. The maximum absolute atomic E-state index is 11.4. The molecule has 0 spiro atoms. The molecule has 9 nitrogen and oxygen atoms in total. The van der Waals surface area contributed by atoms with Crippen LogP contribution in [0.1, 0.15) is 28.8 Å². The number of ether oxygens (including phenoxy) is 3. The van der Waals surface area contributed by atoms with Gasteiger partial charge in [-0.2, -0.15) is 5.10 Å². The number of methoxy groups -OCH3 is 1.